The third-order valence-electron chi connectivity index (χ3n) is 3.60. The Kier molecular flexibility index (Phi) is 4.62. The van der Waals surface area contributed by atoms with E-state index in [9.17, 15) is 5.11 Å². The Morgan fingerprint density at radius 3 is 2.26 bits per heavy atom. The van der Waals surface area contributed by atoms with Gasteiger partial charge in [0.1, 0.15) is 5.75 Å². The predicted molar refractivity (Wildman–Crippen MR) is 80.7 cm³/mol. The van der Waals surface area contributed by atoms with E-state index in [-0.39, 0.29) is 0 Å². The van der Waals surface area contributed by atoms with Crippen molar-refractivity contribution in [2.75, 3.05) is 0 Å². The third-order valence-corrected chi connectivity index (χ3v) is 3.60. The third kappa shape index (κ3) is 4.13. The molecule has 0 amide bonds. The number of benzene rings is 2. The van der Waals surface area contributed by atoms with Crippen molar-refractivity contribution in [2.45, 2.75) is 39.5 Å². The fourth-order valence-electron chi connectivity index (χ4n) is 2.38. The van der Waals surface area contributed by atoms with E-state index < -0.39 is 0 Å². The molecule has 0 aromatic heterocycles. The van der Waals surface area contributed by atoms with Crippen LogP contribution in [0, 0.1) is 13.8 Å². The number of aryl methyl sites for hydroxylation is 4. The van der Waals surface area contributed by atoms with E-state index in [0.717, 1.165) is 12.8 Å². The fraction of sp³-hybridized carbons (Fsp3) is 0.333. The van der Waals surface area contributed by atoms with Gasteiger partial charge in [0.2, 0.25) is 0 Å². The first-order chi connectivity index (χ1) is 9.15. The molecule has 100 valence electrons. The zero-order valence-electron chi connectivity index (χ0n) is 11.8. The Labute approximate surface area is 115 Å². The van der Waals surface area contributed by atoms with Gasteiger partial charge in [0, 0.05) is 0 Å². The van der Waals surface area contributed by atoms with Gasteiger partial charge in [0.25, 0.3) is 0 Å². The molecule has 1 N–H and O–H groups in total. The van der Waals surface area contributed by atoms with Crippen molar-refractivity contribution in [1.82, 2.24) is 0 Å². The van der Waals surface area contributed by atoms with E-state index in [0.29, 0.717) is 5.75 Å². The van der Waals surface area contributed by atoms with E-state index in [1.54, 1.807) is 12.1 Å². The van der Waals surface area contributed by atoms with Crippen LogP contribution in [0.4, 0.5) is 0 Å². The highest BCUT2D eigenvalue weighted by atomic mass is 16.3. The van der Waals surface area contributed by atoms with Crippen molar-refractivity contribution < 1.29 is 5.11 Å². The predicted octanol–water partition coefficient (Wildman–Crippen LogP) is 4.57. The zero-order valence-corrected chi connectivity index (χ0v) is 11.8. The summed E-state index contributed by atoms with van der Waals surface area (Å²) in [6.45, 7) is 4.34. The number of hydrogen-bond donors (Lipinski definition) is 1. The van der Waals surface area contributed by atoms with E-state index in [2.05, 4.69) is 32.0 Å². The van der Waals surface area contributed by atoms with Crippen molar-refractivity contribution in [2.24, 2.45) is 0 Å². The molecule has 0 bridgehead atoms. The largest absolute Gasteiger partial charge is 0.508 e. The maximum Gasteiger partial charge on any atom is 0.115 e. The molecule has 0 heterocycles. The number of aromatic hydroxyl groups is 1. The first-order valence-corrected chi connectivity index (χ1v) is 6.99. The summed E-state index contributed by atoms with van der Waals surface area (Å²) in [6, 6.07) is 14.2. The average Bonchev–Trinajstić information content (AvgIpc) is 2.40. The molecule has 0 atom stereocenters. The molecule has 1 heteroatoms. The summed E-state index contributed by atoms with van der Waals surface area (Å²) >= 11 is 0. The second-order valence-corrected chi connectivity index (χ2v) is 5.30. The summed E-state index contributed by atoms with van der Waals surface area (Å²) in [5.74, 6) is 0.346. The Hall–Kier alpha value is -1.76. The molecular formula is C18H22O. The summed E-state index contributed by atoms with van der Waals surface area (Å²) in [5, 5.41) is 9.23. The molecule has 0 unspecified atom stereocenters. The minimum atomic E-state index is 0.346. The minimum absolute atomic E-state index is 0.346. The topological polar surface area (TPSA) is 20.2 Å². The van der Waals surface area contributed by atoms with E-state index in [1.807, 2.05) is 12.1 Å². The lowest BCUT2D eigenvalue weighted by Crippen LogP contribution is -1.93. The Bertz CT molecular complexity index is 526. The van der Waals surface area contributed by atoms with Crippen LogP contribution in [0.1, 0.15) is 35.1 Å². The lowest BCUT2D eigenvalue weighted by molar-refractivity contribution is 0.475. The molecule has 2 rings (SSSR count). The van der Waals surface area contributed by atoms with E-state index in [4.69, 9.17) is 0 Å². The normalized spacial score (nSPS) is 10.6. The second kappa shape index (κ2) is 6.42. The standard InChI is InChI=1S/C18H22O/c1-14-7-8-15(2)17(13-14)6-4-3-5-16-9-11-18(19)12-10-16/h7-13,19H,3-6H2,1-2H3. The van der Waals surface area contributed by atoms with Gasteiger partial charge in [-0.25, -0.2) is 0 Å². The van der Waals surface area contributed by atoms with Crippen LogP contribution < -0.4 is 0 Å². The number of unbranched alkanes of at least 4 members (excludes halogenated alkanes) is 1. The van der Waals surface area contributed by atoms with Gasteiger partial charge in [-0.1, -0.05) is 35.9 Å². The smallest absolute Gasteiger partial charge is 0.115 e. The molecule has 0 radical (unpaired) electrons. The monoisotopic (exact) mass is 254 g/mol. The molecule has 0 saturated carbocycles. The molecular weight excluding hydrogens is 232 g/mol. The minimum Gasteiger partial charge on any atom is -0.508 e. The summed E-state index contributed by atoms with van der Waals surface area (Å²) in [7, 11) is 0. The van der Waals surface area contributed by atoms with Gasteiger partial charge < -0.3 is 5.11 Å². The molecule has 0 aliphatic heterocycles. The first-order valence-electron chi connectivity index (χ1n) is 6.99. The summed E-state index contributed by atoms with van der Waals surface area (Å²) in [4.78, 5) is 0. The maximum absolute atomic E-state index is 9.23. The van der Waals surface area contributed by atoms with Crippen LogP contribution in [0.5, 0.6) is 5.75 Å². The van der Waals surface area contributed by atoms with Crippen LogP contribution in [-0.2, 0) is 12.8 Å². The van der Waals surface area contributed by atoms with Gasteiger partial charge >= 0.3 is 0 Å². The fourth-order valence-corrected chi connectivity index (χ4v) is 2.38. The highest BCUT2D eigenvalue weighted by Gasteiger charge is 2.00. The lowest BCUT2D eigenvalue weighted by atomic mass is 9.99. The SMILES string of the molecule is Cc1ccc(C)c(CCCCc2ccc(O)cc2)c1. The number of phenols is 1. The molecule has 0 spiro atoms. The lowest BCUT2D eigenvalue weighted by Gasteiger charge is -2.07. The van der Waals surface area contributed by atoms with Gasteiger partial charge in [-0.2, -0.15) is 0 Å². The van der Waals surface area contributed by atoms with Gasteiger partial charge in [-0.3, -0.25) is 0 Å². The Balaban J connectivity index is 1.80. The van der Waals surface area contributed by atoms with Crippen LogP contribution in [-0.4, -0.2) is 5.11 Å². The molecule has 0 saturated heterocycles. The van der Waals surface area contributed by atoms with Gasteiger partial charge in [0.05, 0.1) is 0 Å². The molecule has 0 fully saturated rings. The zero-order chi connectivity index (χ0) is 13.7. The molecule has 2 aromatic rings. The second-order valence-electron chi connectivity index (χ2n) is 5.30. The highest BCUT2D eigenvalue weighted by molar-refractivity contribution is 5.30. The maximum atomic E-state index is 9.23. The number of hydrogen-bond acceptors (Lipinski definition) is 1. The van der Waals surface area contributed by atoms with Crippen molar-refractivity contribution in [3.8, 4) is 5.75 Å². The number of phenolic OH excluding ortho intramolecular Hbond substituents is 1. The van der Waals surface area contributed by atoms with Gasteiger partial charge in [0.15, 0.2) is 0 Å². The van der Waals surface area contributed by atoms with Gasteiger partial charge in [-0.15, -0.1) is 0 Å². The van der Waals surface area contributed by atoms with Crippen molar-refractivity contribution in [1.29, 1.82) is 0 Å². The van der Waals surface area contributed by atoms with Gasteiger partial charge in [-0.05, 0) is 68.4 Å². The van der Waals surface area contributed by atoms with Crippen molar-refractivity contribution in [3.05, 3.63) is 64.7 Å². The van der Waals surface area contributed by atoms with Crippen LogP contribution in [0.3, 0.4) is 0 Å². The Morgan fingerprint density at radius 1 is 0.842 bits per heavy atom. The first kappa shape index (κ1) is 13.7. The van der Waals surface area contributed by atoms with Crippen LogP contribution in [0.25, 0.3) is 0 Å². The summed E-state index contributed by atoms with van der Waals surface area (Å²) in [5.41, 5.74) is 5.53. The molecule has 0 aliphatic rings. The Morgan fingerprint density at radius 2 is 1.53 bits per heavy atom. The van der Waals surface area contributed by atoms with Crippen molar-refractivity contribution in [3.63, 3.8) is 0 Å². The summed E-state index contributed by atoms with van der Waals surface area (Å²) < 4.78 is 0. The molecule has 19 heavy (non-hydrogen) atoms. The number of rotatable bonds is 5. The van der Waals surface area contributed by atoms with Crippen LogP contribution in [0.15, 0.2) is 42.5 Å². The quantitative estimate of drug-likeness (QED) is 0.775. The average molecular weight is 254 g/mol. The summed E-state index contributed by atoms with van der Waals surface area (Å²) in [6.07, 6.45) is 4.65. The van der Waals surface area contributed by atoms with E-state index in [1.165, 1.54) is 35.1 Å². The molecule has 1 nitrogen and oxygen atoms in total. The van der Waals surface area contributed by atoms with Crippen LogP contribution in [0.2, 0.25) is 0 Å². The molecule has 0 aliphatic carbocycles. The van der Waals surface area contributed by atoms with E-state index >= 15 is 0 Å². The molecule has 2 aromatic carbocycles. The highest BCUT2D eigenvalue weighted by Crippen LogP contribution is 2.16. The van der Waals surface area contributed by atoms with Crippen molar-refractivity contribution >= 4 is 0 Å². The van der Waals surface area contributed by atoms with Crippen LogP contribution >= 0.6 is 0 Å².